The number of piperazine rings is 1. The summed E-state index contributed by atoms with van der Waals surface area (Å²) in [5.74, 6) is 0.523. The van der Waals surface area contributed by atoms with E-state index >= 15 is 0 Å². The van der Waals surface area contributed by atoms with E-state index in [0.29, 0.717) is 38.5 Å². The predicted molar refractivity (Wildman–Crippen MR) is 86.8 cm³/mol. The van der Waals surface area contributed by atoms with Gasteiger partial charge in [0.15, 0.2) is 0 Å². The molecule has 0 radical (unpaired) electrons. The van der Waals surface area contributed by atoms with Crippen molar-refractivity contribution in [2.75, 3.05) is 39.9 Å². The highest BCUT2D eigenvalue weighted by molar-refractivity contribution is 5.85. The Morgan fingerprint density at radius 2 is 1.59 bits per heavy atom. The molecule has 6 nitrogen and oxygen atoms in total. The monoisotopic (exact) mass is 333 g/mol. The quantitative estimate of drug-likeness (QED) is 0.819. The fourth-order valence-electron chi connectivity index (χ4n) is 3.26. The van der Waals surface area contributed by atoms with Crippen LogP contribution in [0.2, 0.25) is 0 Å². The molecule has 1 aliphatic heterocycles. The molecule has 22 heavy (non-hydrogen) atoms. The standard InChI is InChI=1S/C15H27N3O3.ClH/c1-21-11-15(20)18-8-6-17(7-9-18)14(19)10-12-4-2-3-5-13(12)16;/h12-13H,2-11,16H2,1H3;1H. The van der Waals surface area contributed by atoms with Gasteiger partial charge in [0.05, 0.1) is 0 Å². The number of amides is 2. The summed E-state index contributed by atoms with van der Waals surface area (Å²) in [5.41, 5.74) is 6.11. The van der Waals surface area contributed by atoms with E-state index < -0.39 is 0 Å². The van der Waals surface area contributed by atoms with Crippen LogP contribution in [0.15, 0.2) is 0 Å². The maximum atomic E-state index is 12.4. The third-order valence-electron chi connectivity index (χ3n) is 4.66. The molecular weight excluding hydrogens is 306 g/mol. The van der Waals surface area contributed by atoms with Gasteiger partial charge in [0.2, 0.25) is 11.8 Å². The van der Waals surface area contributed by atoms with E-state index in [0.717, 1.165) is 12.8 Å². The van der Waals surface area contributed by atoms with E-state index in [2.05, 4.69) is 0 Å². The van der Waals surface area contributed by atoms with Gasteiger partial charge in [-0.2, -0.15) is 0 Å². The first-order chi connectivity index (χ1) is 10.1. The molecular formula is C15H28ClN3O3. The molecule has 0 aromatic carbocycles. The van der Waals surface area contributed by atoms with E-state index in [9.17, 15) is 9.59 Å². The van der Waals surface area contributed by atoms with Crippen LogP contribution in [0.25, 0.3) is 0 Å². The van der Waals surface area contributed by atoms with Crippen molar-refractivity contribution in [1.29, 1.82) is 0 Å². The molecule has 7 heteroatoms. The normalized spacial score (nSPS) is 25.5. The van der Waals surface area contributed by atoms with Gasteiger partial charge in [-0.25, -0.2) is 0 Å². The number of carbonyl (C=O) groups is 2. The van der Waals surface area contributed by atoms with Crippen LogP contribution < -0.4 is 5.73 Å². The molecule has 2 unspecified atom stereocenters. The van der Waals surface area contributed by atoms with Crippen LogP contribution in [0.3, 0.4) is 0 Å². The molecule has 1 aliphatic carbocycles. The number of halogens is 1. The Morgan fingerprint density at radius 3 is 2.14 bits per heavy atom. The van der Waals surface area contributed by atoms with Gasteiger partial charge < -0.3 is 20.3 Å². The highest BCUT2D eigenvalue weighted by Gasteiger charge is 2.28. The van der Waals surface area contributed by atoms with E-state index in [-0.39, 0.29) is 36.9 Å². The van der Waals surface area contributed by atoms with Crippen molar-refractivity contribution in [2.24, 2.45) is 11.7 Å². The van der Waals surface area contributed by atoms with Gasteiger partial charge in [-0.3, -0.25) is 9.59 Å². The van der Waals surface area contributed by atoms with Crippen LogP contribution in [0, 0.1) is 5.92 Å². The third kappa shape index (κ3) is 5.11. The van der Waals surface area contributed by atoms with Crippen molar-refractivity contribution >= 4 is 24.2 Å². The van der Waals surface area contributed by atoms with E-state index in [1.807, 2.05) is 4.90 Å². The van der Waals surface area contributed by atoms with Crippen LogP contribution in [-0.4, -0.2) is 67.6 Å². The Bertz CT molecular complexity index is 373. The van der Waals surface area contributed by atoms with Gasteiger partial charge in [-0.05, 0) is 18.8 Å². The Labute approximate surface area is 138 Å². The number of methoxy groups -OCH3 is 1. The molecule has 1 saturated heterocycles. The molecule has 1 saturated carbocycles. The van der Waals surface area contributed by atoms with Gasteiger partial charge in [-0.15, -0.1) is 12.4 Å². The number of rotatable bonds is 4. The van der Waals surface area contributed by atoms with Gasteiger partial charge >= 0.3 is 0 Å². The van der Waals surface area contributed by atoms with Gasteiger partial charge in [0, 0.05) is 45.8 Å². The summed E-state index contributed by atoms with van der Waals surface area (Å²) in [7, 11) is 1.52. The lowest BCUT2D eigenvalue weighted by molar-refractivity contribution is -0.142. The largest absolute Gasteiger partial charge is 0.375 e. The van der Waals surface area contributed by atoms with Crippen LogP contribution in [0.4, 0.5) is 0 Å². The Kier molecular flexibility index (Phi) is 8.14. The molecule has 0 bridgehead atoms. The fraction of sp³-hybridized carbons (Fsp3) is 0.867. The second-order valence-corrected chi connectivity index (χ2v) is 6.11. The Hall–Kier alpha value is -0.850. The number of nitrogens with two attached hydrogens (primary N) is 1. The molecule has 0 aromatic heterocycles. The highest BCUT2D eigenvalue weighted by Crippen LogP contribution is 2.26. The van der Waals surface area contributed by atoms with Crippen molar-refractivity contribution in [3.05, 3.63) is 0 Å². The number of hydrogen-bond acceptors (Lipinski definition) is 4. The van der Waals surface area contributed by atoms with Crippen molar-refractivity contribution in [3.63, 3.8) is 0 Å². The number of ether oxygens (including phenoxy) is 1. The maximum absolute atomic E-state index is 12.4. The minimum atomic E-state index is -0.00102. The average Bonchev–Trinajstić information content (AvgIpc) is 2.50. The van der Waals surface area contributed by atoms with Crippen LogP contribution in [-0.2, 0) is 14.3 Å². The third-order valence-corrected chi connectivity index (χ3v) is 4.66. The molecule has 0 spiro atoms. The Morgan fingerprint density at radius 1 is 1.05 bits per heavy atom. The maximum Gasteiger partial charge on any atom is 0.248 e. The van der Waals surface area contributed by atoms with Crippen LogP contribution in [0.5, 0.6) is 0 Å². The zero-order chi connectivity index (χ0) is 15.2. The number of hydrogen-bond donors (Lipinski definition) is 1. The molecule has 2 amide bonds. The number of carbonyl (C=O) groups excluding carboxylic acids is 2. The second-order valence-electron chi connectivity index (χ2n) is 6.11. The van der Waals surface area contributed by atoms with E-state index in [4.69, 9.17) is 10.5 Å². The summed E-state index contributed by atoms with van der Waals surface area (Å²) in [6.07, 6.45) is 5.04. The summed E-state index contributed by atoms with van der Waals surface area (Å²) < 4.78 is 4.86. The lowest BCUT2D eigenvalue weighted by Crippen LogP contribution is -2.52. The van der Waals surface area contributed by atoms with Crippen molar-refractivity contribution < 1.29 is 14.3 Å². The predicted octanol–water partition coefficient (Wildman–Crippen LogP) is 0.633. The SMILES string of the molecule is COCC(=O)N1CCN(C(=O)CC2CCCCC2N)CC1.Cl. The molecule has 0 aromatic rings. The summed E-state index contributed by atoms with van der Waals surface area (Å²) in [4.78, 5) is 27.7. The van der Waals surface area contributed by atoms with Crippen LogP contribution in [0.1, 0.15) is 32.1 Å². The first-order valence-corrected chi connectivity index (χ1v) is 7.92. The topological polar surface area (TPSA) is 75.9 Å². The van der Waals surface area contributed by atoms with E-state index in [1.54, 1.807) is 4.90 Å². The molecule has 2 fully saturated rings. The molecule has 2 atom stereocenters. The summed E-state index contributed by atoms with van der Waals surface area (Å²) in [6.45, 7) is 2.56. The first-order valence-electron chi connectivity index (χ1n) is 7.92. The summed E-state index contributed by atoms with van der Waals surface area (Å²) in [6, 6.07) is 0.173. The molecule has 1 heterocycles. The lowest BCUT2D eigenvalue weighted by atomic mass is 9.82. The van der Waals surface area contributed by atoms with Crippen LogP contribution >= 0.6 is 12.4 Å². The minimum Gasteiger partial charge on any atom is -0.375 e. The van der Waals surface area contributed by atoms with E-state index in [1.165, 1.54) is 20.0 Å². The van der Waals surface area contributed by atoms with Gasteiger partial charge in [-0.1, -0.05) is 12.8 Å². The lowest BCUT2D eigenvalue weighted by Gasteiger charge is -2.36. The summed E-state index contributed by atoms with van der Waals surface area (Å²) >= 11 is 0. The zero-order valence-electron chi connectivity index (χ0n) is 13.3. The molecule has 2 rings (SSSR count). The second kappa shape index (κ2) is 9.33. The zero-order valence-corrected chi connectivity index (χ0v) is 14.1. The van der Waals surface area contributed by atoms with Gasteiger partial charge in [0.1, 0.15) is 6.61 Å². The highest BCUT2D eigenvalue weighted by atomic mass is 35.5. The number of nitrogens with zero attached hydrogens (tertiary/aromatic N) is 2. The Balaban J connectivity index is 0.00000242. The molecule has 2 aliphatic rings. The van der Waals surface area contributed by atoms with Gasteiger partial charge in [0.25, 0.3) is 0 Å². The van der Waals surface area contributed by atoms with Crippen molar-refractivity contribution in [2.45, 2.75) is 38.1 Å². The minimum absolute atomic E-state index is 0. The smallest absolute Gasteiger partial charge is 0.248 e. The average molecular weight is 334 g/mol. The molecule has 2 N–H and O–H groups in total. The van der Waals surface area contributed by atoms with Crippen molar-refractivity contribution in [1.82, 2.24) is 9.80 Å². The fourth-order valence-corrected chi connectivity index (χ4v) is 3.26. The first kappa shape index (κ1) is 19.2. The summed E-state index contributed by atoms with van der Waals surface area (Å²) in [5, 5.41) is 0. The molecule has 128 valence electrons. The van der Waals surface area contributed by atoms with Crippen molar-refractivity contribution in [3.8, 4) is 0 Å².